The van der Waals surface area contributed by atoms with Crippen molar-refractivity contribution in [1.29, 1.82) is 0 Å². The van der Waals surface area contributed by atoms with Gasteiger partial charge in [-0.25, -0.2) is 9.18 Å². The molecule has 1 aliphatic heterocycles. The van der Waals surface area contributed by atoms with Crippen LogP contribution in [0.5, 0.6) is 5.75 Å². The molecule has 1 saturated heterocycles. The molecule has 0 bridgehead atoms. The third-order valence-corrected chi connectivity index (χ3v) is 8.38. The number of aliphatic hydroxyl groups excluding tert-OH is 1. The number of morpholine rings is 1. The Balaban J connectivity index is 1.21. The molecule has 1 aromatic carbocycles. The first-order valence-electron chi connectivity index (χ1n) is 12.4. The lowest BCUT2D eigenvalue weighted by Crippen LogP contribution is -2.38. The summed E-state index contributed by atoms with van der Waals surface area (Å²) in [6.07, 6.45) is 0.414. The Morgan fingerprint density at radius 2 is 1.92 bits per heavy atom. The van der Waals surface area contributed by atoms with E-state index in [2.05, 4.69) is 4.90 Å². The van der Waals surface area contributed by atoms with Gasteiger partial charge in [-0.3, -0.25) is 4.90 Å². The monoisotopic (exact) mass is 559 g/mol. The molecule has 0 radical (unpaired) electrons. The summed E-state index contributed by atoms with van der Waals surface area (Å²) in [5, 5.41) is 11.3. The van der Waals surface area contributed by atoms with Crippen molar-refractivity contribution in [3.05, 3.63) is 50.1 Å². The zero-order valence-corrected chi connectivity index (χ0v) is 22.4. The van der Waals surface area contributed by atoms with Gasteiger partial charge in [-0.05, 0) is 55.5 Å². The standard InChI is InChI=1S/C26H32Cl2FNO5S/c27-17-12-18(28)14-19(13-17)35-16-22-21(23(29)15-24(22)31)3-1-2-20-4-5-25(36-20)26(32)34-11-8-30-6-9-33-10-7-30/h4-5,12-14,21-24,31H,1-3,6-11,15-16H2/t21-,22-,23-,24-/m1/s1. The Hall–Kier alpha value is -1.42. The smallest absolute Gasteiger partial charge is 0.348 e. The molecule has 6 nitrogen and oxygen atoms in total. The van der Waals surface area contributed by atoms with Crippen LogP contribution in [-0.2, 0) is 15.9 Å². The first kappa shape index (κ1) is 27.6. The number of hydrogen-bond acceptors (Lipinski definition) is 7. The first-order chi connectivity index (χ1) is 17.4. The molecule has 2 fully saturated rings. The van der Waals surface area contributed by atoms with Gasteiger partial charge in [0.15, 0.2) is 0 Å². The third-order valence-electron chi connectivity index (χ3n) is 6.82. The van der Waals surface area contributed by atoms with Crippen LogP contribution in [0.3, 0.4) is 0 Å². The second-order valence-corrected chi connectivity index (χ2v) is 11.4. The number of thiophene rings is 1. The second kappa shape index (κ2) is 13.4. The number of carbonyl (C=O) groups excluding carboxylic acids is 1. The van der Waals surface area contributed by atoms with Gasteiger partial charge in [-0.15, -0.1) is 11.3 Å². The first-order valence-corrected chi connectivity index (χ1v) is 13.9. The molecule has 2 aliphatic rings. The minimum Gasteiger partial charge on any atom is -0.493 e. The zero-order valence-electron chi connectivity index (χ0n) is 20.0. The van der Waals surface area contributed by atoms with Crippen LogP contribution in [0.4, 0.5) is 4.39 Å². The van der Waals surface area contributed by atoms with E-state index >= 15 is 0 Å². The minimum absolute atomic E-state index is 0.119. The normalized spacial score (nSPS) is 24.7. The number of benzene rings is 1. The Morgan fingerprint density at radius 3 is 2.67 bits per heavy atom. The predicted molar refractivity (Wildman–Crippen MR) is 139 cm³/mol. The number of aliphatic hydroxyl groups is 1. The molecular weight excluding hydrogens is 528 g/mol. The van der Waals surface area contributed by atoms with Crippen LogP contribution in [0, 0.1) is 11.8 Å². The molecule has 1 N–H and O–H groups in total. The largest absolute Gasteiger partial charge is 0.493 e. The zero-order chi connectivity index (χ0) is 25.5. The van der Waals surface area contributed by atoms with Crippen LogP contribution in [-0.4, -0.2) is 74.3 Å². The van der Waals surface area contributed by atoms with Crippen molar-refractivity contribution < 1.29 is 28.5 Å². The van der Waals surface area contributed by atoms with Crippen LogP contribution in [0.15, 0.2) is 30.3 Å². The number of nitrogens with zero attached hydrogens (tertiary/aromatic N) is 1. The van der Waals surface area contributed by atoms with E-state index in [1.165, 1.54) is 11.3 Å². The molecule has 10 heteroatoms. The molecule has 2 heterocycles. The number of esters is 1. The van der Waals surface area contributed by atoms with Gasteiger partial charge in [0.1, 0.15) is 23.4 Å². The van der Waals surface area contributed by atoms with Crippen molar-refractivity contribution in [2.75, 3.05) is 46.1 Å². The summed E-state index contributed by atoms with van der Waals surface area (Å²) in [5.74, 6) is -0.401. The highest BCUT2D eigenvalue weighted by Gasteiger charge is 2.42. The lowest BCUT2D eigenvalue weighted by molar-refractivity contribution is 0.0197. The molecule has 0 unspecified atom stereocenters. The maximum Gasteiger partial charge on any atom is 0.348 e. The predicted octanol–water partition coefficient (Wildman–Crippen LogP) is 5.28. The molecule has 4 atom stereocenters. The van der Waals surface area contributed by atoms with Gasteiger partial charge in [0.25, 0.3) is 0 Å². The average molecular weight is 561 g/mol. The van der Waals surface area contributed by atoms with Gasteiger partial charge in [0.05, 0.1) is 25.9 Å². The molecule has 36 heavy (non-hydrogen) atoms. The Kier molecular flexibility index (Phi) is 10.3. The summed E-state index contributed by atoms with van der Waals surface area (Å²) in [4.78, 5) is 16.2. The Morgan fingerprint density at radius 1 is 1.17 bits per heavy atom. The van der Waals surface area contributed by atoms with E-state index in [0.29, 0.717) is 40.2 Å². The van der Waals surface area contributed by atoms with Crippen molar-refractivity contribution in [3.8, 4) is 5.75 Å². The van der Waals surface area contributed by atoms with E-state index in [1.54, 1.807) is 24.3 Å². The van der Waals surface area contributed by atoms with Gasteiger partial charge >= 0.3 is 5.97 Å². The molecule has 2 aromatic rings. The van der Waals surface area contributed by atoms with E-state index in [4.69, 9.17) is 37.4 Å². The third kappa shape index (κ3) is 7.79. The molecule has 198 valence electrons. The number of hydrogen-bond donors (Lipinski definition) is 1. The number of rotatable bonds is 11. The highest BCUT2D eigenvalue weighted by molar-refractivity contribution is 7.13. The highest BCUT2D eigenvalue weighted by atomic mass is 35.5. The fourth-order valence-corrected chi connectivity index (χ4v) is 6.31. The molecule has 1 aliphatic carbocycles. The van der Waals surface area contributed by atoms with E-state index < -0.39 is 12.3 Å². The fourth-order valence-electron chi connectivity index (χ4n) is 4.87. The maximum atomic E-state index is 14.7. The number of ether oxygens (including phenoxy) is 3. The number of aryl methyl sites for hydroxylation is 1. The van der Waals surface area contributed by atoms with Crippen molar-refractivity contribution in [3.63, 3.8) is 0 Å². The molecule has 0 amide bonds. The summed E-state index contributed by atoms with van der Waals surface area (Å²) in [5.41, 5.74) is 0. The van der Waals surface area contributed by atoms with Crippen molar-refractivity contribution in [2.24, 2.45) is 11.8 Å². The van der Waals surface area contributed by atoms with E-state index in [9.17, 15) is 14.3 Å². The molecule has 0 spiro atoms. The maximum absolute atomic E-state index is 14.7. The molecule has 1 aromatic heterocycles. The summed E-state index contributed by atoms with van der Waals surface area (Å²) in [6, 6.07) is 8.64. The van der Waals surface area contributed by atoms with Crippen molar-refractivity contribution in [2.45, 2.75) is 38.0 Å². The lowest BCUT2D eigenvalue weighted by atomic mass is 9.90. The fraction of sp³-hybridized carbons (Fsp3) is 0.577. The second-order valence-electron chi connectivity index (χ2n) is 9.31. The van der Waals surface area contributed by atoms with Gasteiger partial charge < -0.3 is 19.3 Å². The average Bonchev–Trinajstić information content (AvgIpc) is 3.42. The minimum atomic E-state index is -1.07. The molecule has 4 rings (SSSR count). The van der Waals surface area contributed by atoms with E-state index in [0.717, 1.165) is 44.0 Å². The van der Waals surface area contributed by atoms with Crippen LogP contribution < -0.4 is 4.74 Å². The van der Waals surface area contributed by atoms with Crippen LogP contribution in [0.2, 0.25) is 10.0 Å². The SMILES string of the molecule is O=C(OCCN1CCOCC1)c1ccc(CCC[C@@H]2[C@@H](COc3cc(Cl)cc(Cl)c3)[C@H](O)C[C@H]2F)s1. The Bertz CT molecular complexity index is 982. The topological polar surface area (TPSA) is 68.2 Å². The van der Waals surface area contributed by atoms with Crippen LogP contribution >= 0.6 is 34.5 Å². The summed E-state index contributed by atoms with van der Waals surface area (Å²) < 4.78 is 31.3. The van der Waals surface area contributed by atoms with Crippen LogP contribution in [0.1, 0.15) is 33.8 Å². The van der Waals surface area contributed by atoms with E-state index in [1.807, 2.05) is 6.07 Å². The quantitative estimate of drug-likeness (QED) is 0.378. The van der Waals surface area contributed by atoms with Crippen molar-refractivity contribution in [1.82, 2.24) is 4.90 Å². The lowest BCUT2D eigenvalue weighted by Gasteiger charge is -2.26. The molecular formula is C26H32Cl2FNO5S. The van der Waals surface area contributed by atoms with Gasteiger partial charge in [-0.1, -0.05) is 23.2 Å². The summed E-state index contributed by atoms with van der Waals surface area (Å²) in [7, 11) is 0. The summed E-state index contributed by atoms with van der Waals surface area (Å²) in [6.45, 7) is 4.42. The van der Waals surface area contributed by atoms with E-state index in [-0.39, 0.29) is 30.8 Å². The van der Waals surface area contributed by atoms with Gasteiger partial charge in [0, 0.05) is 46.9 Å². The number of alkyl halides is 1. The Labute approximate surface area is 225 Å². The van der Waals surface area contributed by atoms with Gasteiger partial charge in [0.2, 0.25) is 0 Å². The number of carbonyl (C=O) groups is 1. The van der Waals surface area contributed by atoms with Crippen molar-refractivity contribution >= 4 is 40.5 Å². The van der Waals surface area contributed by atoms with Gasteiger partial charge in [-0.2, -0.15) is 0 Å². The number of halogens is 3. The summed E-state index contributed by atoms with van der Waals surface area (Å²) >= 11 is 13.5. The highest BCUT2D eigenvalue weighted by Crippen LogP contribution is 2.39. The molecule has 1 saturated carbocycles. The van der Waals surface area contributed by atoms with Crippen LogP contribution in [0.25, 0.3) is 0 Å².